The van der Waals surface area contributed by atoms with Crippen LogP contribution in [0.2, 0.25) is 0 Å². The van der Waals surface area contributed by atoms with Crippen LogP contribution < -0.4 is 4.74 Å². The predicted octanol–water partition coefficient (Wildman–Crippen LogP) is 4.19. The molecule has 0 unspecified atom stereocenters. The van der Waals surface area contributed by atoms with Gasteiger partial charge in [-0.05, 0) is 34.5 Å². The van der Waals surface area contributed by atoms with Crippen LogP contribution in [-0.4, -0.2) is 37.1 Å². The Morgan fingerprint density at radius 3 is 2.59 bits per heavy atom. The van der Waals surface area contributed by atoms with Gasteiger partial charge in [0.1, 0.15) is 0 Å². The second-order valence-corrected chi connectivity index (χ2v) is 9.61. The number of ether oxygens (including phenoxy) is 1. The molecular weight excluding hydrogens is 412 g/mol. The summed E-state index contributed by atoms with van der Waals surface area (Å²) in [4.78, 5) is 11.0. The Hall–Kier alpha value is -2.62. The smallest absolute Gasteiger partial charge is 0.311 e. The van der Waals surface area contributed by atoms with Crippen LogP contribution in [0.1, 0.15) is 10.9 Å². The number of hydrogen-bond acceptors (Lipinski definition) is 6. The molecule has 0 radical (unpaired) electrons. The zero-order valence-corrected chi connectivity index (χ0v) is 17.2. The van der Waals surface area contributed by atoms with Gasteiger partial charge in [0, 0.05) is 18.4 Å². The normalized spacial score (nSPS) is 17.5. The van der Waals surface area contributed by atoms with E-state index in [1.54, 1.807) is 24.3 Å². The van der Waals surface area contributed by atoms with Gasteiger partial charge in [0.05, 0.1) is 22.3 Å². The number of methoxy groups -OCH3 is 1. The minimum atomic E-state index is -3.76. The van der Waals surface area contributed by atoms with Crippen LogP contribution in [0.5, 0.6) is 5.75 Å². The van der Waals surface area contributed by atoms with Crippen molar-refractivity contribution in [2.75, 3.05) is 19.4 Å². The van der Waals surface area contributed by atoms with E-state index in [1.807, 2.05) is 24.3 Å². The number of nitro benzene ring substituents is 1. The topological polar surface area (TPSA) is 89.8 Å². The summed E-state index contributed by atoms with van der Waals surface area (Å²) in [5, 5.41) is 12.6. The Morgan fingerprint density at radius 2 is 1.86 bits per heavy atom. The molecule has 1 heterocycles. The fourth-order valence-corrected chi connectivity index (χ4v) is 6.70. The van der Waals surface area contributed by atoms with E-state index < -0.39 is 20.3 Å². The highest BCUT2D eigenvalue weighted by molar-refractivity contribution is 8.01. The Balaban J connectivity index is 1.74. The first-order chi connectivity index (χ1) is 13.9. The lowest BCUT2D eigenvalue weighted by Crippen LogP contribution is -2.30. The number of sulfonamides is 1. The Morgan fingerprint density at radius 1 is 1.10 bits per heavy atom. The lowest BCUT2D eigenvalue weighted by molar-refractivity contribution is -0.385. The molecule has 0 aromatic heterocycles. The molecule has 3 aromatic carbocycles. The molecule has 1 fully saturated rings. The first-order valence-corrected chi connectivity index (χ1v) is 11.4. The largest absolute Gasteiger partial charge is 0.490 e. The molecule has 3 aromatic rings. The Bertz CT molecular complexity index is 1200. The first-order valence-electron chi connectivity index (χ1n) is 8.86. The molecule has 0 amide bonds. The molecule has 7 nitrogen and oxygen atoms in total. The van der Waals surface area contributed by atoms with Crippen molar-refractivity contribution in [1.82, 2.24) is 4.31 Å². The second kappa shape index (κ2) is 7.66. The zero-order valence-electron chi connectivity index (χ0n) is 15.5. The number of rotatable bonds is 5. The summed E-state index contributed by atoms with van der Waals surface area (Å²) in [5.74, 6) is 0.753. The lowest BCUT2D eigenvalue weighted by Gasteiger charge is -2.24. The van der Waals surface area contributed by atoms with E-state index in [4.69, 9.17) is 4.74 Å². The van der Waals surface area contributed by atoms with Crippen molar-refractivity contribution >= 4 is 38.2 Å². The van der Waals surface area contributed by atoms with Crippen LogP contribution in [0.15, 0.2) is 65.6 Å². The van der Waals surface area contributed by atoms with Crippen LogP contribution in [0.4, 0.5) is 5.69 Å². The number of fused-ring (bicyclic) bond motifs is 1. The molecule has 4 rings (SSSR count). The summed E-state index contributed by atoms with van der Waals surface area (Å²) in [6.45, 7) is 0.338. The SMILES string of the molecule is COc1ccc([C@H]2SCCN2S(=O)(=O)c2ccc3ccccc3c2)cc1[N+](=O)[O-]. The third-order valence-electron chi connectivity index (χ3n) is 4.86. The molecular formula is C20H18N2O5S2. The third-order valence-corrected chi connectivity index (χ3v) is 8.12. The van der Waals surface area contributed by atoms with E-state index in [9.17, 15) is 18.5 Å². The van der Waals surface area contributed by atoms with E-state index in [0.29, 0.717) is 17.9 Å². The molecule has 9 heteroatoms. The monoisotopic (exact) mass is 430 g/mol. The van der Waals surface area contributed by atoms with Crippen molar-refractivity contribution < 1.29 is 18.1 Å². The van der Waals surface area contributed by atoms with E-state index in [-0.39, 0.29) is 16.3 Å². The minimum absolute atomic E-state index is 0.144. The number of benzene rings is 3. The highest BCUT2D eigenvalue weighted by Gasteiger charge is 2.37. The molecule has 0 spiro atoms. The minimum Gasteiger partial charge on any atom is -0.490 e. The molecule has 1 aliphatic heterocycles. The predicted molar refractivity (Wildman–Crippen MR) is 113 cm³/mol. The highest BCUT2D eigenvalue weighted by Crippen LogP contribution is 2.43. The molecule has 0 aliphatic carbocycles. The van der Waals surface area contributed by atoms with Crippen molar-refractivity contribution in [3.05, 3.63) is 76.3 Å². The van der Waals surface area contributed by atoms with E-state index >= 15 is 0 Å². The molecule has 0 bridgehead atoms. The molecule has 150 valence electrons. The molecule has 1 aliphatic rings. The fraction of sp³-hybridized carbons (Fsp3) is 0.200. The van der Waals surface area contributed by atoms with Gasteiger partial charge in [-0.15, -0.1) is 11.8 Å². The van der Waals surface area contributed by atoms with Gasteiger partial charge in [0.25, 0.3) is 0 Å². The average molecular weight is 431 g/mol. The van der Waals surface area contributed by atoms with Crippen molar-refractivity contribution in [2.45, 2.75) is 10.3 Å². The van der Waals surface area contributed by atoms with Gasteiger partial charge >= 0.3 is 5.69 Å². The van der Waals surface area contributed by atoms with Gasteiger partial charge < -0.3 is 4.74 Å². The number of hydrogen-bond donors (Lipinski definition) is 0. The van der Waals surface area contributed by atoms with E-state index in [0.717, 1.165) is 10.8 Å². The Labute approximate surface area is 172 Å². The van der Waals surface area contributed by atoms with Gasteiger partial charge in [0.15, 0.2) is 5.75 Å². The van der Waals surface area contributed by atoms with Crippen LogP contribution in [0.25, 0.3) is 10.8 Å². The Kier molecular flexibility index (Phi) is 5.20. The molecule has 1 atom stereocenters. The number of nitrogens with zero attached hydrogens (tertiary/aromatic N) is 2. The molecule has 0 N–H and O–H groups in total. The highest BCUT2D eigenvalue weighted by atomic mass is 32.2. The maximum atomic E-state index is 13.4. The van der Waals surface area contributed by atoms with Gasteiger partial charge in [0.2, 0.25) is 10.0 Å². The van der Waals surface area contributed by atoms with Crippen LogP contribution >= 0.6 is 11.8 Å². The van der Waals surface area contributed by atoms with Gasteiger partial charge in [-0.3, -0.25) is 10.1 Å². The molecule has 1 saturated heterocycles. The van der Waals surface area contributed by atoms with E-state index in [1.165, 1.54) is 35.3 Å². The van der Waals surface area contributed by atoms with Gasteiger partial charge in [-0.1, -0.05) is 36.4 Å². The van der Waals surface area contributed by atoms with Gasteiger partial charge in [-0.25, -0.2) is 8.42 Å². The first kappa shape index (κ1) is 19.7. The van der Waals surface area contributed by atoms with E-state index in [2.05, 4.69) is 0 Å². The lowest BCUT2D eigenvalue weighted by atomic mass is 10.1. The summed E-state index contributed by atoms with van der Waals surface area (Å²) < 4.78 is 33.2. The van der Waals surface area contributed by atoms with Crippen LogP contribution in [0.3, 0.4) is 0 Å². The maximum absolute atomic E-state index is 13.4. The summed E-state index contributed by atoms with van der Waals surface area (Å²) in [5.41, 5.74) is 0.380. The van der Waals surface area contributed by atoms with Crippen LogP contribution in [0, 0.1) is 10.1 Å². The zero-order chi connectivity index (χ0) is 20.6. The quantitative estimate of drug-likeness (QED) is 0.445. The average Bonchev–Trinajstić information content (AvgIpc) is 3.23. The summed E-state index contributed by atoms with van der Waals surface area (Å²) >= 11 is 1.45. The fourth-order valence-electron chi connectivity index (χ4n) is 3.43. The van der Waals surface area contributed by atoms with Crippen molar-refractivity contribution in [2.24, 2.45) is 0 Å². The van der Waals surface area contributed by atoms with Gasteiger partial charge in [-0.2, -0.15) is 4.31 Å². The van der Waals surface area contributed by atoms with Crippen molar-refractivity contribution in [3.63, 3.8) is 0 Å². The number of thioether (sulfide) groups is 1. The third kappa shape index (κ3) is 3.57. The summed E-state index contributed by atoms with van der Waals surface area (Å²) in [6.07, 6.45) is 0. The summed E-state index contributed by atoms with van der Waals surface area (Å²) in [6, 6.07) is 17.2. The molecule has 29 heavy (non-hydrogen) atoms. The summed E-state index contributed by atoms with van der Waals surface area (Å²) in [7, 11) is -2.40. The number of nitro groups is 1. The van der Waals surface area contributed by atoms with Crippen molar-refractivity contribution in [1.29, 1.82) is 0 Å². The second-order valence-electron chi connectivity index (χ2n) is 6.54. The molecule has 0 saturated carbocycles. The van der Waals surface area contributed by atoms with Crippen molar-refractivity contribution in [3.8, 4) is 5.75 Å². The maximum Gasteiger partial charge on any atom is 0.311 e. The van der Waals surface area contributed by atoms with Crippen LogP contribution in [-0.2, 0) is 10.0 Å². The standard InChI is InChI=1S/C20H18N2O5S2/c1-27-19-9-7-16(13-18(19)22(23)24)20-21(10-11-28-20)29(25,26)17-8-6-14-4-2-3-5-15(14)12-17/h2-9,12-13,20H,10-11H2,1H3/t20-/m1/s1.